The minimum atomic E-state index is -0.00945. The van der Waals surface area contributed by atoms with Gasteiger partial charge in [-0.3, -0.25) is 0 Å². The standard InChI is InChI=1S/C20H23BrN2O/c1-15-6-8-16(9-7-15)19-5-3-2-4-14-23(19)20(24)22-18-12-10-17(21)11-13-18/h6-13,19H,2-5,14H2,1H3,(H,22,24)/t19-/m1/s1. The van der Waals surface area contributed by atoms with Crippen molar-refractivity contribution in [3.63, 3.8) is 0 Å². The molecule has 3 nitrogen and oxygen atoms in total. The number of likely N-dealkylation sites (tertiary alicyclic amines) is 1. The first-order valence-corrected chi connectivity index (χ1v) is 9.32. The molecule has 4 heteroatoms. The molecule has 1 N–H and O–H groups in total. The van der Waals surface area contributed by atoms with Gasteiger partial charge in [0.1, 0.15) is 0 Å². The van der Waals surface area contributed by atoms with Gasteiger partial charge in [0.25, 0.3) is 0 Å². The highest BCUT2D eigenvalue weighted by molar-refractivity contribution is 9.10. The number of hydrogen-bond acceptors (Lipinski definition) is 1. The van der Waals surface area contributed by atoms with E-state index < -0.39 is 0 Å². The molecule has 1 aliphatic heterocycles. The van der Waals surface area contributed by atoms with Crippen LogP contribution in [-0.4, -0.2) is 17.5 Å². The normalized spacial score (nSPS) is 18.1. The van der Waals surface area contributed by atoms with E-state index in [2.05, 4.69) is 52.4 Å². The molecule has 0 aliphatic carbocycles. The van der Waals surface area contributed by atoms with Crippen LogP contribution >= 0.6 is 15.9 Å². The molecule has 1 fully saturated rings. The second-order valence-electron chi connectivity index (χ2n) is 6.41. The topological polar surface area (TPSA) is 32.3 Å². The van der Waals surface area contributed by atoms with Crippen molar-refractivity contribution >= 4 is 27.6 Å². The molecule has 1 heterocycles. The zero-order valence-corrected chi connectivity index (χ0v) is 15.6. The third kappa shape index (κ3) is 4.18. The Morgan fingerprint density at radius 2 is 1.75 bits per heavy atom. The number of benzene rings is 2. The molecule has 1 atom stereocenters. The van der Waals surface area contributed by atoms with Crippen LogP contribution in [0.25, 0.3) is 0 Å². The van der Waals surface area contributed by atoms with Crippen LogP contribution in [-0.2, 0) is 0 Å². The van der Waals surface area contributed by atoms with Crippen molar-refractivity contribution in [2.45, 2.75) is 38.6 Å². The molecule has 1 aliphatic rings. The summed E-state index contributed by atoms with van der Waals surface area (Å²) in [5, 5.41) is 3.04. The van der Waals surface area contributed by atoms with Gasteiger partial charge in [-0.15, -0.1) is 0 Å². The second kappa shape index (κ2) is 7.84. The molecule has 0 radical (unpaired) electrons. The Morgan fingerprint density at radius 1 is 1.04 bits per heavy atom. The van der Waals surface area contributed by atoms with E-state index in [1.807, 2.05) is 29.2 Å². The number of rotatable bonds is 2. The Kier molecular flexibility index (Phi) is 5.56. The fourth-order valence-electron chi connectivity index (χ4n) is 3.22. The number of aryl methyl sites for hydroxylation is 1. The lowest BCUT2D eigenvalue weighted by molar-refractivity contribution is 0.189. The summed E-state index contributed by atoms with van der Waals surface area (Å²) in [6.07, 6.45) is 4.44. The molecule has 0 aromatic heterocycles. The van der Waals surface area contributed by atoms with Crippen LogP contribution in [0.1, 0.15) is 42.9 Å². The van der Waals surface area contributed by atoms with Gasteiger partial charge < -0.3 is 10.2 Å². The number of carbonyl (C=O) groups is 1. The summed E-state index contributed by atoms with van der Waals surface area (Å²) in [4.78, 5) is 14.9. The average Bonchev–Trinajstić information content (AvgIpc) is 2.84. The van der Waals surface area contributed by atoms with E-state index in [-0.39, 0.29) is 12.1 Å². The molecule has 24 heavy (non-hydrogen) atoms. The van der Waals surface area contributed by atoms with Crippen molar-refractivity contribution in [1.82, 2.24) is 4.90 Å². The fourth-order valence-corrected chi connectivity index (χ4v) is 3.48. The third-order valence-corrected chi connectivity index (χ3v) is 5.10. The largest absolute Gasteiger partial charge is 0.322 e. The lowest BCUT2D eigenvalue weighted by Gasteiger charge is -2.30. The summed E-state index contributed by atoms with van der Waals surface area (Å²) < 4.78 is 1.01. The van der Waals surface area contributed by atoms with Crippen molar-refractivity contribution in [3.8, 4) is 0 Å². The first-order chi connectivity index (χ1) is 11.6. The van der Waals surface area contributed by atoms with Gasteiger partial charge in [-0.2, -0.15) is 0 Å². The van der Waals surface area contributed by atoms with Gasteiger partial charge >= 0.3 is 6.03 Å². The Balaban J connectivity index is 1.79. The third-order valence-electron chi connectivity index (χ3n) is 4.57. The van der Waals surface area contributed by atoms with Crippen LogP contribution in [0.2, 0.25) is 0 Å². The van der Waals surface area contributed by atoms with Crippen molar-refractivity contribution in [1.29, 1.82) is 0 Å². The smallest absolute Gasteiger partial charge is 0.317 e. The van der Waals surface area contributed by atoms with E-state index in [0.29, 0.717) is 0 Å². The zero-order valence-electron chi connectivity index (χ0n) is 14.0. The van der Waals surface area contributed by atoms with Crippen molar-refractivity contribution in [2.24, 2.45) is 0 Å². The van der Waals surface area contributed by atoms with Gasteiger partial charge in [-0.05, 0) is 49.6 Å². The van der Waals surface area contributed by atoms with E-state index >= 15 is 0 Å². The number of hydrogen-bond donors (Lipinski definition) is 1. The maximum atomic E-state index is 12.9. The summed E-state index contributed by atoms with van der Waals surface area (Å²) >= 11 is 3.42. The zero-order chi connectivity index (χ0) is 16.9. The molecule has 0 spiro atoms. The molecule has 3 rings (SSSR count). The molecule has 1 saturated heterocycles. The quantitative estimate of drug-likeness (QED) is 0.683. The van der Waals surface area contributed by atoms with E-state index in [1.165, 1.54) is 24.0 Å². The maximum Gasteiger partial charge on any atom is 0.322 e. The van der Waals surface area contributed by atoms with Gasteiger partial charge in [0.15, 0.2) is 0 Å². The predicted octanol–water partition coefficient (Wildman–Crippen LogP) is 5.91. The van der Waals surface area contributed by atoms with Crippen LogP contribution in [0.15, 0.2) is 53.0 Å². The maximum absolute atomic E-state index is 12.9. The Labute approximate surface area is 152 Å². The van der Waals surface area contributed by atoms with Crippen LogP contribution in [0, 0.1) is 6.92 Å². The minimum absolute atomic E-state index is 0.00945. The minimum Gasteiger partial charge on any atom is -0.317 e. The highest BCUT2D eigenvalue weighted by Gasteiger charge is 2.26. The first-order valence-electron chi connectivity index (χ1n) is 8.53. The van der Waals surface area contributed by atoms with Crippen LogP contribution in [0.3, 0.4) is 0 Å². The van der Waals surface area contributed by atoms with E-state index in [1.54, 1.807) is 0 Å². The number of urea groups is 1. The van der Waals surface area contributed by atoms with Gasteiger partial charge in [-0.1, -0.05) is 58.6 Å². The van der Waals surface area contributed by atoms with Gasteiger partial charge in [-0.25, -0.2) is 4.79 Å². The lowest BCUT2D eigenvalue weighted by Crippen LogP contribution is -2.38. The van der Waals surface area contributed by atoms with E-state index in [0.717, 1.165) is 29.5 Å². The predicted molar refractivity (Wildman–Crippen MR) is 102 cm³/mol. The van der Waals surface area contributed by atoms with Crippen molar-refractivity contribution < 1.29 is 4.79 Å². The van der Waals surface area contributed by atoms with Crippen molar-refractivity contribution in [2.75, 3.05) is 11.9 Å². The molecule has 2 aromatic carbocycles. The molecule has 2 amide bonds. The fraction of sp³-hybridized carbons (Fsp3) is 0.350. The summed E-state index contributed by atoms with van der Waals surface area (Å²) in [7, 11) is 0. The molecular weight excluding hydrogens is 364 g/mol. The highest BCUT2D eigenvalue weighted by atomic mass is 79.9. The van der Waals surface area contributed by atoms with Crippen LogP contribution in [0.4, 0.5) is 10.5 Å². The molecule has 0 unspecified atom stereocenters. The number of anilines is 1. The number of amides is 2. The lowest BCUT2D eigenvalue weighted by atomic mass is 10.00. The van der Waals surface area contributed by atoms with E-state index in [4.69, 9.17) is 0 Å². The van der Waals surface area contributed by atoms with Gasteiger partial charge in [0.05, 0.1) is 6.04 Å². The SMILES string of the molecule is Cc1ccc([C@H]2CCCCCN2C(=O)Nc2ccc(Br)cc2)cc1. The summed E-state index contributed by atoms with van der Waals surface area (Å²) in [5.74, 6) is 0. The molecular formula is C20H23BrN2O. The average molecular weight is 387 g/mol. The number of carbonyl (C=O) groups excluding carboxylic acids is 1. The van der Waals surface area contributed by atoms with Crippen molar-refractivity contribution in [3.05, 3.63) is 64.1 Å². The number of halogens is 1. The Bertz CT molecular complexity index is 682. The van der Waals surface area contributed by atoms with Crippen LogP contribution < -0.4 is 5.32 Å². The molecule has 126 valence electrons. The monoisotopic (exact) mass is 386 g/mol. The van der Waals surface area contributed by atoms with Crippen LogP contribution in [0.5, 0.6) is 0 Å². The molecule has 2 aromatic rings. The highest BCUT2D eigenvalue weighted by Crippen LogP contribution is 2.31. The number of nitrogens with one attached hydrogen (secondary N) is 1. The molecule has 0 bridgehead atoms. The summed E-state index contributed by atoms with van der Waals surface area (Å²) in [6, 6.07) is 16.4. The number of nitrogens with zero attached hydrogens (tertiary/aromatic N) is 1. The summed E-state index contributed by atoms with van der Waals surface area (Å²) in [5.41, 5.74) is 3.31. The van der Waals surface area contributed by atoms with E-state index in [9.17, 15) is 4.79 Å². The Morgan fingerprint density at radius 3 is 2.46 bits per heavy atom. The summed E-state index contributed by atoms with van der Waals surface area (Å²) in [6.45, 7) is 2.90. The Hall–Kier alpha value is -1.81. The molecule has 0 saturated carbocycles. The van der Waals surface area contributed by atoms with Gasteiger partial charge in [0, 0.05) is 16.7 Å². The van der Waals surface area contributed by atoms with Gasteiger partial charge in [0.2, 0.25) is 0 Å². The first kappa shape index (κ1) is 17.0. The second-order valence-corrected chi connectivity index (χ2v) is 7.32.